The van der Waals surface area contributed by atoms with Crippen molar-refractivity contribution in [2.24, 2.45) is 0 Å². The van der Waals surface area contributed by atoms with Crippen LogP contribution in [-0.4, -0.2) is 140 Å². The van der Waals surface area contributed by atoms with E-state index in [0.29, 0.717) is 6.42 Å². The minimum absolute atomic E-state index is 0.158. The lowest BCUT2D eigenvalue weighted by atomic mass is 9.97. The van der Waals surface area contributed by atoms with Crippen LogP contribution >= 0.6 is 0 Å². The summed E-state index contributed by atoms with van der Waals surface area (Å²) in [6.45, 7) is 2.61. The van der Waals surface area contributed by atoms with E-state index in [9.17, 15) is 45.6 Å². The zero-order valence-electron chi connectivity index (χ0n) is 41.1. The van der Waals surface area contributed by atoms with Gasteiger partial charge in [-0.05, 0) is 44.9 Å². The van der Waals surface area contributed by atoms with Crippen molar-refractivity contribution < 1.29 is 64.6 Å². The fourth-order valence-corrected chi connectivity index (χ4v) is 8.24. The first-order chi connectivity index (χ1) is 32.6. The Morgan fingerprint density at radius 2 is 1.03 bits per heavy atom. The standard InChI is InChI=1S/C53H93NO13/c1-3-5-7-9-11-13-15-17-18-19-20-21-22-23-25-26-28-30-32-34-36-42(57)41(54-45(58)37-35-33-31-29-27-24-16-14-12-10-8-6-4-2)40-64-52-50(63)48(61)51(44(39-56)66-52)67-53-49(62)47(60)46(59)43(38-55)65-53/h6,8,12,14,24,27,31,33-34,36,41-44,46-53,55-57,59-63H,3-5,7,9-11,13,15-23,25-26,28-30,32,35,37-40H2,1-2H3,(H,54,58)/b8-6-,14-12-,27-24-,33-31-,36-34+. The second-order valence-electron chi connectivity index (χ2n) is 18.3. The predicted molar refractivity (Wildman–Crippen MR) is 263 cm³/mol. The minimum Gasteiger partial charge on any atom is -0.394 e. The number of rotatable bonds is 39. The predicted octanol–water partition coefficient (Wildman–Crippen LogP) is 7.05. The molecule has 67 heavy (non-hydrogen) atoms. The van der Waals surface area contributed by atoms with E-state index < -0.39 is 86.8 Å². The van der Waals surface area contributed by atoms with Crippen molar-refractivity contribution >= 4 is 5.91 Å². The van der Waals surface area contributed by atoms with Gasteiger partial charge in [0.25, 0.3) is 0 Å². The van der Waals surface area contributed by atoms with Gasteiger partial charge in [0.15, 0.2) is 12.6 Å². The molecule has 1 amide bonds. The summed E-state index contributed by atoms with van der Waals surface area (Å²) in [5.74, 6) is -0.321. The highest BCUT2D eigenvalue weighted by Crippen LogP contribution is 2.30. The first kappa shape index (κ1) is 60.8. The maximum atomic E-state index is 13.1. The number of amides is 1. The van der Waals surface area contributed by atoms with Gasteiger partial charge in [0.05, 0.1) is 32.0 Å². The highest BCUT2D eigenvalue weighted by Gasteiger charge is 2.51. The number of aliphatic hydroxyl groups excluding tert-OH is 8. The lowest BCUT2D eigenvalue weighted by Gasteiger charge is -2.46. The molecular formula is C53H93NO13. The summed E-state index contributed by atoms with van der Waals surface area (Å²) in [5.41, 5.74) is 0. The van der Waals surface area contributed by atoms with E-state index >= 15 is 0 Å². The van der Waals surface area contributed by atoms with Gasteiger partial charge >= 0.3 is 0 Å². The second kappa shape index (κ2) is 39.4. The summed E-state index contributed by atoms with van der Waals surface area (Å²) in [6, 6.07) is -0.954. The molecule has 0 saturated carbocycles. The van der Waals surface area contributed by atoms with Crippen LogP contribution in [-0.2, 0) is 23.7 Å². The first-order valence-corrected chi connectivity index (χ1v) is 26.0. The molecule has 0 aromatic rings. The molecule has 2 fully saturated rings. The quantitative estimate of drug-likeness (QED) is 0.0223. The van der Waals surface area contributed by atoms with Crippen molar-refractivity contribution in [3.8, 4) is 0 Å². The summed E-state index contributed by atoms with van der Waals surface area (Å²) in [4.78, 5) is 13.1. The van der Waals surface area contributed by atoms with Crippen LogP contribution in [0.25, 0.3) is 0 Å². The van der Waals surface area contributed by atoms with Gasteiger partial charge in [0.1, 0.15) is 48.8 Å². The Balaban J connectivity index is 1.85. The van der Waals surface area contributed by atoms with E-state index in [1.165, 1.54) is 103 Å². The van der Waals surface area contributed by atoms with E-state index in [-0.39, 0.29) is 18.9 Å². The molecular weight excluding hydrogens is 859 g/mol. The van der Waals surface area contributed by atoms with Gasteiger partial charge in [0.2, 0.25) is 5.91 Å². The lowest BCUT2D eigenvalue weighted by molar-refractivity contribution is -0.359. The third kappa shape index (κ3) is 26.5. The largest absolute Gasteiger partial charge is 0.394 e. The third-order valence-corrected chi connectivity index (χ3v) is 12.5. The number of carbonyl (C=O) groups excluding carboxylic acids is 1. The second-order valence-corrected chi connectivity index (χ2v) is 18.3. The molecule has 0 aromatic heterocycles. The first-order valence-electron chi connectivity index (χ1n) is 26.0. The average Bonchev–Trinajstić information content (AvgIpc) is 3.32. The normalized spacial score (nSPS) is 27.1. The maximum Gasteiger partial charge on any atom is 0.220 e. The number of allylic oxidation sites excluding steroid dienone is 9. The van der Waals surface area contributed by atoms with Gasteiger partial charge < -0.3 is 65.1 Å². The van der Waals surface area contributed by atoms with Gasteiger partial charge in [-0.15, -0.1) is 0 Å². The Morgan fingerprint density at radius 1 is 0.552 bits per heavy atom. The molecule has 12 unspecified atom stereocenters. The molecule has 2 aliphatic heterocycles. The number of aliphatic hydroxyl groups is 8. The zero-order valence-corrected chi connectivity index (χ0v) is 41.1. The molecule has 0 radical (unpaired) electrons. The van der Waals surface area contributed by atoms with Crippen LogP contribution in [0.1, 0.15) is 174 Å². The van der Waals surface area contributed by atoms with Crippen molar-refractivity contribution in [2.45, 2.75) is 248 Å². The highest BCUT2D eigenvalue weighted by molar-refractivity contribution is 5.76. The van der Waals surface area contributed by atoms with Crippen molar-refractivity contribution in [3.05, 3.63) is 60.8 Å². The SMILES string of the molecule is CC/C=C\C/C=C\C/C=C\C/C=C\CCC(=O)NC(COC1OC(CO)C(OC2OC(CO)C(O)C(O)C2O)C(O)C1O)C(O)/C=C/CCCCCCCCCCCCCCCCCCCC. The van der Waals surface area contributed by atoms with Crippen LogP contribution in [0.15, 0.2) is 60.8 Å². The Labute approximate surface area is 403 Å². The molecule has 9 N–H and O–H groups in total. The highest BCUT2D eigenvalue weighted by atomic mass is 16.7. The van der Waals surface area contributed by atoms with E-state index in [1.54, 1.807) is 6.08 Å². The van der Waals surface area contributed by atoms with E-state index in [1.807, 2.05) is 18.2 Å². The van der Waals surface area contributed by atoms with E-state index in [0.717, 1.165) is 44.9 Å². The molecule has 0 bridgehead atoms. The number of ether oxygens (including phenoxy) is 4. The summed E-state index contributed by atoms with van der Waals surface area (Å²) in [6.07, 6.45) is 31.4. The van der Waals surface area contributed by atoms with Crippen LogP contribution < -0.4 is 5.32 Å². The van der Waals surface area contributed by atoms with Crippen LogP contribution in [0, 0.1) is 0 Å². The summed E-state index contributed by atoms with van der Waals surface area (Å²) in [5, 5.41) is 86.7. The Hall–Kier alpha value is -2.31. The molecule has 2 rings (SSSR count). The molecule has 2 saturated heterocycles. The van der Waals surface area contributed by atoms with Crippen LogP contribution in [0.2, 0.25) is 0 Å². The molecule has 2 heterocycles. The van der Waals surface area contributed by atoms with Crippen molar-refractivity contribution in [2.75, 3.05) is 19.8 Å². The minimum atomic E-state index is -1.80. The topological polar surface area (TPSA) is 228 Å². The summed E-state index contributed by atoms with van der Waals surface area (Å²) >= 11 is 0. The number of carbonyl (C=O) groups is 1. The molecule has 14 nitrogen and oxygen atoms in total. The Kier molecular flexibility index (Phi) is 35.8. The van der Waals surface area contributed by atoms with Crippen LogP contribution in [0.4, 0.5) is 0 Å². The van der Waals surface area contributed by atoms with Crippen molar-refractivity contribution in [3.63, 3.8) is 0 Å². The van der Waals surface area contributed by atoms with Gasteiger partial charge in [-0.3, -0.25) is 4.79 Å². The summed E-state index contributed by atoms with van der Waals surface area (Å²) in [7, 11) is 0. The summed E-state index contributed by atoms with van der Waals surface area (Å²) < 4.78 is 22.6. The van der Waals surface area contributed by atoms with Gasteiger partial charge in [0, 0.05) is 6.42 Å². The molecule has 0 spiro atoms. The lowest BCUT2D eigenvalue weighted by Crippen LogP contribution is -2.65. The zero-order chi connectivity index (χ0) is 48.9. The fourth-order valence-electron chi connectivity index (χ4n) is 8.24. The fraction of sp³-hybridized carbons (Fsp3) is 0.792. The van der Waals surface area contributed by atoms with Gasteiger partial charge in [-0.1, -0.05) is 184 Å². The number of hydrogen-bond acceptors (Lipinski definition) is 13. The molecule has 388 valence electrons. The maximum absolute atomic E-state index is 13.1. The molecule has 12 atom stereocenters. The van der Waals surface area contributed by atoms with Crippen molar-refractivity contribution in [1.82, 2.24) is 5.32 Å². The molecule has 0 aliphatic carbocycles. The van der Waals surface area contributed by atoms with E-state index in [4.69, 9.17) is 18.9 Å². The monoisotopic (exact) mass is 952 g/mol. The Morgan fingerprint density at radius 3 is 1.55 bits per heavy atom. The molecule has 0 aromatic carbocycles. The number of hydrogen-bond donors (Lipinski definition) is 9. The average molecular weight is 952 g/mol. The van der Waals surface area contributed by atoms with Crippen molar-refractivity contribution in [1.29, 1.82) is 0 Å². The molecule has 2 aliphatic rings. The van der Waals surface area contributed by atoms with Crippen LogP contribution in [0.5, 0.6) is 0 Å². The number of nitrogens with one attached hydrogen (secondary N) is 1. The van der Waals surface area contributed by atoms with E-state index in [2.05, 4.69) is 55.6 Å². The van der Waals surface area contributed by atoms with Crippen LogP contribution in [0.3, 0.4) is 0 Å². The smallest absolute Gasteiger partial charge is 0.220 e. The van der Waals surface area contributed by atoms with Gasteiger partial charge in [-0.2, -0.15) is 0 Å². The molecule has 14 heteroatoms. The number of unbranched alkanes of at least 4 members (excludes halogenated alkanes) is 18. The third-order valence-electron chi connectivity index (χ3n) is 12.5. The Bertz CT molecular complexity index is 1360. The van der Waals surface area contributed by atoms with Gasteiger partial charge in [-0.25, -0.2) is 0 Å².